The van der Waals surface area contributed by atoms with Crippen molar-refractivity contribution in [1.29, 1.82) is 0 Å². The minimum absolute atomic E-state index is 0.0159. The zero-order valence-electron chi connectivity index (χ0n) is 9.01. The first-order chi connectivity index (χ1) is 7.55. The van der Waals surface area contributed by atoms with Crippen molar-refractivity contribution in [1.82, 2.24) is 5.48 Å². The van der Waals surface area contributed by atoms with E-state index in [2.05, 4.69) is 4.84 Å². The highest BCUT2D eigenvalue weighted by atomic mass is 16.8. The van der Waals surface area contributed by atoms with Crippen LogP contribution in [0.3, 0.4) is 0 Å². The number of hydrogen-bond donors (Lipinski definition) is 3. The Balaban J connectivity index is 2.48. The second kappa shape index (κ2) is 5.60. The van der Waals surface area contributed by atoms with E-state index in [9.17, 15) is 15.0 Å². The van der Waals surface area contributed by atoms with Gasteiger partial charge in [0.2, 0.25) is 0 Å². The molecule has 0 unspecified atom stereocenters. The lowest BCUT2D eigenvalue weighted by atomic mass is 10.2. The summed E-state index contributed by atoms with van der Waals surface area (Å²) in [6, 6.07) is 8.36. The molecular weight excluding hydrogens is 210 g/mol. The van der Waals surface area contributed by atoms with Gasteiger partial charge in [0.1, 0.15) is 0 Å². The van der Waals surface area contributed by atoms with Crippen LogP contribution < -0.4 is 5.48 Å². The van der Waals surface area contributed by atoms with Crippen LogP contribution in [0.2, 0.25) is 0 Å². The van der Waals surface area contributed by atoms with Gasteiger partial charge in [-0.25, -0.2) is 10.3 Å². The van der Waals surface area contributed by atoms with Crippen molar-refractivity contribution in [2.75, 3.05) is 0 Å². The maximum absolute atomic E-state index is 11.4. The van der Waals surface area contributed by atoms with E-state index in [1.165, 1.54) is 0 Å². The molecule has 0 aliphatic rings. The van der Waals surface area contributed by atoms with Crippen LogP contribution in [0.4, 0.5) is 0 Å². The number of amides is 1. The summed E-state index contributed by atoms with van der Waals surface area (Å²) in [6.45, 7) is 1.77. The predicted molar refractivity (Wildman–Crippen MR) is 57.1 cm³/mol. The zero-order chi connectivity index (χ0) is 12.0. The van der Waals surface area contributed by atoms with Crippen LogP contribution in [-0.4, -0.2) is 22.1 Å². The molecule has 3 N–H and O–H groups in total. The monoisotopic (exact) mass is 225 g/mol. The number of nitrogens with one attached hydrogen (secondary N) is 1. The maximum atomic E-state index is 11.4. The molecule has 0 atom stereocenters. The van der Waals surface area contributed by atoms with Crippen LogP contribution in [-0.2, 0) is 4.84 Å². The summed E-state index contributed by atoms with van der Waals surface area (Å²) >= 11 is 0. The smallest absolute Gasteiger partial charge is 0.300 e. The Bertz CT molecular complexity index is 337. The Morgan fingerprint density at radius 3 is 2.56 bits per heavy atom. The fourth-order valence-corrected chi connectivity index (χ4v) is 1.15. The highest BCUT2D eigenvalue weighted by Crippen LogP contribution is 2.09. The molecule has 1 aromatic carbocycles. The first-order valence-electron chi connectivity index (χ1n) is 5.03. The summed E-state index contributed by atoms with van der Waals surface area (Å²) in [5.41, 5.74) is 2.37. The fraction of sp³-hybridized carbons (Fsp3) is 0.364. The van der Waals surface area contributed by atoms with Crippen molar-refractivity contribution in [3.8, 4) is 0 Å². The van der Waals surface area contributed by atoms with Gasteiger partial charge in [0.15, 0.2) is 0 Å². The molecule has 0 bridgehead atoms. The van der Waals surface area contributed by atoms with E-state index in [1.807, 2.05) is 5.48 Å². The Labute approximate surface area is 93.6 Å². The molecule has 0 saturated heterocycles. The van der Waals surface area contributed by atoms with Crippen LogP contribution in [0.15, 0.2) is 30.3 Å². The van der Waals surface area contributed by atoms with E-state index in [1.54, 1.807) is 37.3 Å². The second-order valence-corrected chi connectivity index (χ2v) is 3.39. The van der Waals surface area contributed by atoms with Gasteiger partial charge in [-0.2, -0.15) is 0 Å². The van der Waals surface area contributed by atoms with E-state index < -0.39 is 11.9 Å². The van der Waals surface area contributed by atoms with E-state index in [0.717, 1.165) is 0 Å². The summed E-state index contributed by atoms with van der Waals surface area (Å²) in [7, 11) is 0. The molecule has 1 rings (SSSR count). The molecule has 0 fully saturated rings. The van der Waals surface area contributed by atoms with Crippen LogP contribution in [0.5, 0.6) is 0 Å². The van der Waals surface area contributed by atoms with E-state index in [4.69, 9.17) is 0 Å². The molecule has 5 nitrogen and oxygen atoms in total. The molecule has 1 aromatic rings. The number of carbonyl (C=O) groups is 1. The molecule has 1 amide bonds. The summed E-state index contributed by atoms with van der Waals surface area (Å²) < 4.78 is 0. The van der Waals surface area contributed by atoms with Crippen LogP contribution in [0.25, 0.3) is 0 Å². The minimum atomic E-state index is -2.32. The Morgan fingerprint density at radius 2 is 2.00 bits per heavy atom. The van der Waals surface area contributed by atoms with Crippen LogP contribution >= 0.6 is 0 Å². The fourth-order valence-electron chi connectivity index (χ4n) is 1.15. The van der Waals surface area contributed by atoms with Crippen LogP contribution in [0.1, 0.15) is 30.1 Å². The van der Waals surface area contributed by atoms with Gasteiger partial charge in [-0.3, -0.25) is 4.79 Å². The molecule has 0 heterocycles. The lowest BCUT2D eigenvalue weighted by molar-refractivity contribution is -0.357. The van der Waals surface area contributed by atoms with Gasteiger partial charge in [-0.05, 0) is 18.6 Å². The Morgan fingerprint density at radius 1 is 1.38 bits per heavy atom. The van der Waals surface area contributed by atoms with E-state index >= 15 is 0 Å². The predicted octanol–water partition coefficient (Wildman–Crippen LogP) is 0.787. The van der Waals surface area contributed by atoms with Gasteiger partial charge in [0.25, 0.3) is 11.9 Å². The van der Waals surface area contributed by atoms with Gasteiger partial charge in [0.05, 0.1) is 0 Å². The van der Waals surface area contributed by atoms with Crippen molar-refractivity contribution < 1.29 is 19.8 Å². The zero-order valence-corrected chi connectivity index (χ0v) is 9.01. The maximum Gasteiger partial charge on any atom is 0.300 e. The van der Waals surface area contributed by atoms with E-state index in [-0.39, 0.29) is 6.42 Å². The second-order valence-electron chi connectivity index (χ2n) is 3.39. The van der Waals surface area contributed by atoms with Gasteiger partial charge in [-0.1, -0.05) is 25.1 Å². The molecule has 0 radical (unpaired) electrons. The summed E-state index contributed by atoms with van der Waals surface area (Å²) in [5, 5.41) is 18.5. The number of rotatable bonds is 5. The molecule has 88 valence electrons. The normalized spacial score (nSPS) is 11.2. The Kier molecular flexibility index (Phi) is 4.42. The third kappa shape index (κ3) is 3.98. The first kappa shape index (κ1) is 12.6. The summed E-state index contributed by atoms with van der Waals surface area (Å²) in [6.07, 6.45) is 0.538. The largest absolute Gasteiger partial charge is 0.342 e. The number of hydroxylamine groups is 1. The molecule has 0 aliphatic heterocycles. The minimum Gasteiger partial charge on any atom is -0.342 e. The number of hydrogen-bond acceptors (Lipinski definition) is 4. The van der Waals surface area contributed by atoms with Gasteiger partial charge in [0, 0.05) is 12.0 Å². The molecule has 0 spiro atoms. The van der Waals surface area contributed by atoms with Crippen molar-refractivity contribution >= 4 is 5.91 Å². The lowest BCUT2D eigenvalue weighted by Crippen LogP contribution is -2.40. The summed E-state index contributed by atoms with van der Waals surface area (Å²) in [5.74, 6) is -2.84. The highest BCUT2D eigenvalue weighted by molar-refractivity contribution is 5.93. The third-order valence-electron chi connectivity index (χ3n) is 1.92. The van der Waals surface area contributed by atoms with E-state index in [0.29, 0.717) is 12.0 Å². The van der Waals surface area contributed by atoms with Gasteiger partial charge >= 0.3 is 0 Å². The average molecular weight is 225 g/mol. The Hall–Kier alpha value is -1.43. The van der Waals surface area contributed by atoms with Crippen molar-refractivity contribution in [2.24, 2.45) is 0 Å². The van der Waals surface area contributed by atoms with Gasteiger partial charge in [-0.15, -0.1) is 0 Å². The van der Waals surface area contributed by atoms with Crippen LogP contribution in [0, 0.1) is 0 Å². The summed E-state index contributed by atoms with van der Waals surface area (Å²) in [4.78, 5) is 15.9. The number of carbonyl (C=O) groups excluding carboxylic acids is 1. The molecular formula is C11H15NO4. The highest BCUT2D eigenvalue weighted by Gasteiger charge is 2.24. The van der Waals surface area contributed by atoms with Gasteiger partial charge < -0.3 is 10.2 Å². The first-order valence-corrected chi connectivity index (χ1v) is 5.03. The lowest BCUT2D eigenvalue weighted by Gasteiger charge is -2.20. The number of benzene rings is 1. The molecule has 0 saturated carbocycles. The quantitative estimate of drug-likeness (QED) is 0.511. The molecule has 5 heteroatoms. The molecule has 0 aromatic heterocycles. The molecule has 16 heavy (non-hydrogen) atoms. The molecule has 0 aliphatic carbocycles. The SMILES string of the molecule is CCCC(O)(O)ONC(=O)c1ccccc1. The van der Waals surface area contributed by atoms with Crippen molar-refractivity contribution in [3.05, 3.63) is 35.9 Å². The van der Waals surface area contributed by atoms with Crippen molar-refractivity contribution in [3.63, 3.8) is 0 Å². The standard InChI is InChI=1S/C11H15NO4/c1-2-8-11(14,15)16-12-10(13)9-6-4-3-5-7-9/h3-7,14-15H,2,8H2,1H3,(H,12,13). The van der Waals surface area contributed by atoms with Crippen molar-refractivity contribution in [2.45, 2.75) is 25.7 Å². The average Bonchev–Trinajstić information content (AvgIpc) is 2.27. The topological polar surface area (TPSA) is 78.8 Å². The third-order valence-corrected chi connectivity index (χ3v) is 1.92. The number of aliphatic hydroxyl groups is 2.